The summed E-state index contributed by atoms with van der Waals surface area (Å²) in [5.74, 6) is 0.411. The average molecular weight is 528 g/mol. The monoisotopic (exact) mass is 527 g/mol. The Hall–Kier alpha value is -3.56. The molecular formula is C28H41N5O5. The summed E-state index contributed by atoms with van der Waals surface area (Å²) >= 11 is 0. The molecule has 1 aromatic heterocycles. The number of ether oxygens (including phenoxy) is 2. The van der Waals surface area contributed by atoms with Crippen LogP contribution >= 0.6 is 0 Å². The lowest BCUT2D eigenvalue weighted by Crippen LogP contribution is -2.57. The first-order valence-electron chi connectivity index (χ1n) is 13.2. The number of nitrogens with zero attached hydrogens (tertiary/aromatic N) is 2. The zero-order valence-corrected chi connectivity index (χ0v) is 23.3. The first-order valence-corrected chi connectivity index (χ1v) is 13.2. The number of amides is 4. The third kappa shape index (κ3) is 6.85. The highest BCUT2D eigenvalue weighted by Gasteiger charge is 2.50. The van der Waals surface area contributed by atoms with E-state index in [9.17, 15) is 14.4 Å². The largest absolute Gasteiger partial charge is 0.497 e. The van der Waals surface area contributed by atoms with Crippen molar-refractivity contribution in [2.75, 3.05) is 26.7 Å². The van der Waals surface area contributed by atoms with Crippen LogP contribution in [0.4, 0.5) is 4.79 Å². The van der Waals surface area contributed by atoms with Crippen molar-refractivity contribution in [3.8, 4) is 11.6 Å². The number of pyridine rings is 1. The molecule has 0 aliphatic heterocycles. The van der Waals surface area contributed by atoms with Gasteiger partial charge in [-0.2, -0.15) is 0 Å². The summed E-state index contributed by atoms with van der Waals surface area (Å²) in [7, 11) is 1.60. The molecule has 1 aliphatic carbocycles. The van der Waals surface area contributed by atoms with Crippen LogP contribution in [0.5, 0.6) is 11.6 Å². The van der Waals surface area contributed by atoms with Crippen molar-refractivity contribution in [2.24, 2.45) is 16.6 Å². The van der Waals surface area contributed by atoms with Gasteiger partial charge in [0.15, 0.2) is 0 Å². The van der Waals surface area contributed by atoms with Crippen molar-refractivity contribution in [3.05, 3.63) is 30.5 Å². The van der Waals surface area contributed by atoms with Gasteiger partial charge in [-0.3, -0.25) is 9.59 Å². The van der Waals surface area contributed by atoms with Gasteiger partial charge in [-0.25, -0.2) is 9.78 Å². The molecule has 0 unspecified atom stereocenters. The Morgan fingerprint density at radius 1 is 1.16 bits per heavy atom. The minimum absolute atomic E-state index is 0.121. The van der Waals surface area contributed by atoms with E-state index >= 15 is 0 Å². The fourth-order valence-corrected chi connectivity index (χ4v) is 4.52. The highest BCUT2D eigenvalue weighted by molar-refractivity contribution is 5.89. The Kier molecular flexibility index (Phi) is 9.06. The molecule has 0 radical (unpaired) electrons. The van der Waals surface area contributed by atoms with Gasteiger partial charge in [0.05, 0.1) is 19.1 Å². The number of carbonyl (C=O) groups is 3. The summed E-state index contributed by atoms with van der Waals surface area (Å²) < 4.78 is 11.6. The molecule has 10 nitrogen and oxygen atoms in total. The molecule has 10 heteroatoms. The highest BCUT2D eigenvalue weighted by Crippen LogP contribution is 2.49. The smallest absolute Gasteiger partial charge is 0.318 e. The van der Waals surface area contributed by atoms with Crippen molar-refractivity contribution in [1.29, 1.82) is 0 Å². The quantitative estimate of drug-likeness (QED) is 0.388. The van der Waals surface area contributed by atoms with E-state index in [2.05, 4.69) is 15.6 Å². The number of nitrogens with one attached hydrogen (secondary N) is 2. The number of benzene rings is 1. The number of urea groups is 1. The van der Waals surface area contributed by atoms with E-state index < -0.39 is 23.0 Å². The predicted molar refractivity (Wildman–Crippen MR) is 146 cm³/mol. The third-order valence-corrected chi connectivity index (χ3v) is 7.16. The molecule has 1 fully saturated rings. The molecule has 3 rings (SSSR count). The number of aromatic nitrogens is 1. The number of hydrogen-bond donors (Lipinski definition) is 3. The zero-order chi connectivity index (χ0) is 28.1. The second-order valence-corrected chi connectivity index (χ2v) is 11.0. The van der Waals surface area contributed by atoms with Crippen molar-refractivity contribution < 1.29 is 23.9 Å². The van der Waals surface area contributed by atoms with Crippen LogP contribution in [0.25, 0.3) is 10.8 Å². The number of fused-ring (bicyclic) bond motifs is 1. The molecule has 1 aliphatic rings. The molecule has 0 saturated heterocycles. The van der Waals surface area contributed by atoms with Crippen molar-refractivity contribution in [3.63, 3.8) is 0 Å². The van der Waals surface area contributed by atoms with Gasteiger partial charge in [-0.05, 0) is 61.8 Å². The lowest BCUT2D eigenvalue weighted by molar-refractivity contribution is -0.125. The van der Waals surface area contributed by atoms with Crippen LogP contribution in [-0.2, 0) is 9.59 Å². The zero-order valence-electron chi connectivity index (χ0n) is 23.3. The first kappa shape index (κ1) is 29.0. The molecule has 2 aromatic rings. The number of methoxy groups -OCH3 is 1. The van der Waals surface area contributed by atoms with Gasteiger partial charge in [-0.1, -0.05) is 20.8 Å². The number of carbonyl (C=O) groups excluding carboxylic acids is 3. The number of primary amides is 1. The molecule has 0 bridgehead atoms. The molecule has 2 atom stereocenters. The van der Waals surface area contributed by atoms with Gasteiger partial charge in [0.25, 0.3) is 0 Å². The van der Waals surface area contributed by atoms with Gasteiger partial charge < -0.3 is 30.7 Å². The Labute approximate surface area is 224 Å². The van der Waals surface area contributed by atoms with E-state index in [4.69, 9.17) is 15.2 Å². The first-order chi connectivity index (χ1) is 17.9. The maximum atomic E-state index is 13.4. The van der Waals surface area contributed by atoms with E-state index in [1.54, 1.807) is 18.2 Å². The van der Waals surface area contributed by atoms with Gasteiger partial charge in [0, 0.05) is 31.1 Å². The van der Waals surface area contributed by atoms with E-state index in [0.29, 0.717) is 44.0 Å². The van der Waals surface area contributed by atoms with E-state index in [1.165, 1.54) is 0 Å². The Bertz CT molecular complexity index is 1150. The predicted octanol–water partition coefficient (Wildman–Crippen LogP) is 3.23. The van der Waals surface area contributed by atoms with Gasteiger partial charge in [0.2, 0.25) is 17.7 Å². The Balaban J connectivity index is 1.81. The third-order valence-electron chi connectivity index (χ3n) is 7.16. The maximum absolute atomic E-state index is 13.4. The molecule has 1 saturated carbocycles. The lowest BCUT2D eigenvalue weighted by Gasteiger charge is -2.33. The fourth-order valence-electron chi connectivity index (χ4n) is 4.52. The van der Waals surface area contributed by atoms with Crippen LogP contribution in [0.3, 0.4) is 0 Å². The SMILES string of the molecule is CCN(CC)C(=O)N[C@H](C(=O)NC[C@@H](CC1(C(N)=O)CC1)Oc1nccc2cc(OC)ccc12)C(C)(C)C. The molecule has 1 aromatic carbocycles. The van der Waals surface area contributed by atoms with Gasteiger partial charge >= 0.3 is 6.03 Å². The summed E-state index contributed by atoms with van der Waals surface area (Å²) in [5.41, 5.74) is 4.52. The molecular weight excluding hydrogens is 486 g/mol. The van der Waals surface area contributed by atoms with Crippen LogP contribution in [0.1, 0.15) is 53.9 Å². The second-order valence-electron chi connectivity index (χ2n) is 11.0. The van der Waals surface area contributed by atoms with Crippen LogP contribution in [0.2, 0.25) is 0 Å². The lowest BCUT2D eigenvalue weighted by atomic mass is 9.86. The van der Waals surface area contributed by atoms with Crippen LogP contribution in [0, 0.1) is 10.8 Å². The molecule has 1 heterocycles. The highest BCUT2D eigenvalue weighted by atomic mass is 16.5. The topological polar surface area (TPSA) is 136 Å². The number of nitrogens with two attached hydrogens (primary N) is 1. The molecule has 0 spiro atoms. The summed E-state index contributed by atoms with van der Waals surface area (Å²) in [6.07, 6.45) is 2.80. The minimum atomic E-state index is -0.773. The Morgan fingerprint density at radius 3 is 2.39 bits per heavy atom. The normalized spacial score (nSPS) is 15.7. The molecule has 4 N–H and O–H groups in total. The molecule has 38 heavy (non-hydrogen) atoms. The van der Waals surface area contributed by atoms with Crippen molar-refractivity contribution in [1.82, 2.24) is 20.5 Å². The van der Waals surface area contributed by atoms with Gasteiger partial charge in [0.1, 0.15) is 17.9 Å². The molecule has 208 valence electrons. The maximum Gasteiger partial charge on any atom is 0.318 e. The van der Waals surface area contributed by atoms with Crippen LogP contribution in [0.15, 0.2) is 30.5 Å². The standard InChI is InChI=1S/C28H41N5O5/c1-7-33(8-2)26(36)32-22(27(3,4)5)23(34)31-17-20(16-28(12-13-28)25(29)35)38-24-21-10-9-19(37-6)15-18(21)11-14-30-24/h9-11,14-15,20,22H,7-8,12-13,16-17H2,1-6H3,(H2,29,35)(H,31,34)(H,32,36)/t20-,22-/m1/s1. The fraction of sp³-hybridized carbons (Fsp3) is 0.571. The van der Waals surface area contributed by atoms with Crippen LogP contribution < -0.4 is 25.8 Å². The van der Waals surface area contributed by atoms with E-state index in [1.807, 2.05) is 58.9 Å². The summed E-state index contributed by atoms with van der Waals surface area (Å²) in [6, 6.07) is 6.38. The molecule has 4 amide bonds. The van der Waals surface area contributed by atoms with Gasteiger partial charge in [-0.15, -0.1) is 0 Å². The average Bonchev–Trinajstić information content (AvgIpc) is 3.66. The van der Waals surface area contributed by atoms with Crippen LogP contribution in [-0.4, -0.2) is 66.6 Å². The number of rotatable bonds is 12. The minimum Gasteiger partial charge on any atom is -0.497 e. The van der Waals surface area contributed by atoms with E-state index in [-0.39, 0.29) is 24.4 Å². The summed E-state index contributed by atoms with van der Waals surface area (Å²) in [6.45, 7) is 10.7. The second kappa shape index (κ2) is 11.9. The number of hydrogen-bond acceptors (Lipinski definition) is 6. The summed E-state index contributed by atoms with van der Waals surface area (Å²) in [4.78, 5) is 44.3. The van der Waals surface area contributed by atoms with E-state index in [0.717, 1.165) is 10.8 Å². The Morgan fingerprint density at radius 2 is 1.84 bits per heavy atom. The summed E-state index contributed by atoms with van der Waals surface area (Å²) in [5, 5.41) is 7.50. The van der Waals surface area contributed by atoms with Crippen molar-refractivity contribution in [2.45, 2.75) is 66.0 Å². The van der Waals surface area contributed by atoms with Crippen molar-refractivity contribution >= 4 is 28.6 Å².